The van der Waals surface area contributed by atoms with Crippen LogP contribution < -0.4 is 11.1 Å². The van der Waals surface area contributed by atoms with Crippen LogP contribution in [0.15, 0.2) is 57.9 Å². The molecule has 0 aliphatic carbocycles. The molecule has 140 valence electrons. The van der Waals surface area contributed by atoms with Crippen LogP contribution in [0.3, 0.4) is 0 Å². The highest BCUT2D eigenvalue weighted by Gasteiger charge is 2.33. The summed E-state index contributed by atoms with van der Waals surface area (Å²) in [6.45, 7) is 0.321. The standard InChI is InChI=1S/C20H17N5O3/c1-24-19-17(18(23-24)13-6-4-5-9-21-13)12(10-16(26)22-19)11-25-14-7-2-3-8-15(14)28-20(25)27/h2-9,12H,10-11H2,1H3,(H,22,26). The van der Waals surface area contributed by atoms with Gasteiger partial charge in [-0.1, -0.05) is 18.2 Å². The predicted octanol–water partition coefficient (Wildman–Crippen LogP) is 2.52. The van der Waals surface area contributed by atoms with Crippen molar-refractivity contribution in [1.29, 1.82) is 0 Å². The summed E-state index contributed by atoms with van der Waals surface area (Å²) in [4.78, 5) is 29.2. The largest absolute Gasteiger partial charge is 0.419 e. The number of nitrogens with one attached hydrogen (secondary N) is 1. The second-order valence-corrected chi connectivity index (χ2v) is 6.84. The number of carbonyl (C=O) groups is 1. The molecule has 0 radical (unpaired) electrons. The molecule has 4 heterocycles. The molecule has 0 fully saturated rings. The van der Waals surface area contributed by atoms with Gasteiger partial charge in [0.05, 0.1) is 11.2 Å². The fraction of sp³-hybridized carbons (Fsp3) is 0.200. The van der Waals surface area contributed by atoms with Gasteiger partial charge >= 0.3 is 5.76 Å². The van der Waals surface area contributed by atoms with Crippen LogP contribution in [0.2, 0.25) is 0 Å². The van der Waals surface area contributed by atoms with Gasteiger partial charge in [0.2, 0.25) is 5.91 Å². The van der Waals surface area contributed by atoms with Gasteiger partial charge in [0.1, 0.15) is 11.5 Å². The van der Waals surface area contributed by atoms with Crippen molar-refractivity contribution < 1.29 is 9.21 Å². The number of hydrogen-bond donors (Lipinski definition) is 1. The maximum absolute atomic E-state index is 12.4. The summed E-state index contributed by atoms with van der Waals surface area (Å²) in [5, 5.41) is 7.49. The van der Waals surface area contributed by atoms with Crippen LogP contribution in [0.25, 0.3) is 22.5 Å². The summed E-state index contributed by atoms with van der Waals surface area (Å²) in [5.41, 5.74) is 3.57. The molecule has 1 aliphatic rings. The highest BCUT2D eigenvalue weighted by atomic mass is 16.4. The van der Waals surface area contributed by atoms with Gasteiger partial charge in [-0.2, -0.15) is 5.10 Å². The van der Waals surface area contributed by atoms with Crippen molar-refractivity contribution in [1.82, 2.24) is 19.3 Å². The number of pyridine rings is 1. The van der Waals surface area contributed by atoms with Gasteiger partial charge in [0, 0.05) is 37.7 Å². The first kappa shape index (κ1) is 16.5. The Bertz CT molecular complexity index is 1250. The number of nitrogens with zero attached hydrogens (tertiary/aromatic N) is 4. The fourth-order valence-electron chi connectivity index (χ4n) is 3.84. The summed E-state index contributed by atoms with van der Waals surface area (Å²) in [5.74, 6) is -0.123. The van der Waals surface area contributed by atoms with Gasteiger partial charge in [-0.15, -0.1) is 0 Å². The van der Waals surface area contributed by atoms with E-state index in [-0.39, 0.29) is 18.2 Å². The normalized spacial score (nSPS) is 16.2. The summed E-state index contributed by atoms with van der Waals surface area (Å²) >= 11 is 0. The molecule has 4 aromatic rings. The van der Waals surface area contributed by atoms with Crippen LogP contribution in [0.5, 0.6) is 0 Å². The van der Waals surface area contributed by atoms with E-state index in [2.05, 4.69) is 15.4 Å². The first-order valence-corrected chi connectivity index (χ1v) is 8.98. The van der Waals surface area contributed by atoms with E-state index in [0.717, 1.165) is 11.3 Å². The Labute approximate surface area is 159 Å². The zero-order chi connectivity index (χ0) is 19.3. The minimum atomic E-state index is -0.433. The number of amides is 1. The van der Waals surface area contributed by atoms with Crippen LogP contribution in [0.4, 0.5) is 5.82 Å². The third-order valence-corrected chi connectivity index (χ3v) is 5.07. The van der Waals surface area contributed by atoms with Crippen molar-refractivity contribution in [2.75, 3.05) is 5.32 Å². The van der Waals surface area contributed by atoms with E-state index in [1.807, 2.05) is 36.4 Å². The van der Waals surface area contributed by atoms with Crippen molar-refractivity contribution in [3.63, 3.8) is 0 Å². The van der Waals surface area contributed by atoms with Crippen LogP contribution >= 0.6 is 0 Å². The number of para-hydroxylation sites is 2. The molecule has 8 nitrogen and oxygen atoms in total. The molecule has 0 saturated carbocycles. The SMILES string of the molecule is Cn1nc(-c2ccccn2)c2c1NC(=O)CC2Cn1c(=O)oc2ccccc21. The second kappa shape index (κ2) is 6.19. The number of benzene rings is 1. The lowest BCUT2D eigenvalue weighted by molar-refractivity contribution is -0.117. The quantitative estimate of drug-likeness (QED) is 0.594. The number of hydrogen-bond acceptors (Lipinski definition) is 5. The highest BCUT2D eigenvalue weighted by molar-refractivity contribution is 5.95. The first-order chi connectivity index (χ1) is 13.6. The monoisotopic (exact) mass is 375 g/mol. The molecule has 28 heavy (non-hydrogen) atoms. The first-order valence-electron chi connectivity index (χ1n) is 8.98. The van der Waals surface area contributed by atoms with E-state index in [9.17, 15) is 9.59 Å². The van der Waals surface area contributed by atoms with Crippen LogP contribution in [-0.2, 0) is 18.4 Å². The smallest absolute Gasteiger partial charge is 0.408 e. The van der Waals surface area contributed by atoms with E-state index in [1.165, 1.54) is 0 Å². The Hall–Kier alpha value is -3.68. The molecule has 0 spiro atoms. The molecule has 1 unspecified atom stereocenters. The lowest BCUT2D eigenvalue weighted by Gasteiger charge is -2.24. The fourth-order valence-corrected chi connectivity index (χ4v) is 3.84. The second-order valence-electron chi connectivity index (χ2n) is 6.84. The zero-order valence-electron chi connectivity index (χ0n) is 15.1. The van der Waals surface area contributed by atoms with Gasteiger partial charge in [-0.3, -0.25) is 19.0 Å². The van der Waals surface area contributed by atoms with E-state index in [0.29, 0.717) is 29.2 Å². The van der Waals surface area contributed by atoms with Crippen molar-refractivity contribution in [2.45, 2.75) is 18.9 Å². The van der Waals surface area contributed by atoms with Crippen molar-refractivity contribution in [2.24, 2.45) is 7.05 Å². The Kier molecular flexibility index (Phi) is 3.65. The van der Waals surface area contributed by atoms with Crippen molar-refractivity contribution in [3.05, 3.63) is 64.8 Å². The average Bonchev–Trinajstić information content (AvgIpc) is 3.20. The molecular formula is C20H17N5O3. The van der Waals surface area contributed by atoms with Crippen LogP contribution in [0.1, 0.15) is 17.9 Å². The van der Waals surface area contributed by atoms with E-state index < -0.39 is 5.76 Å². The number of carbonyl (C=O) groups excluding carboxylic acids is 1. The molecule has 5 rings (SSSR count). The number of aromatic nitrogens is 4. The van der Waals surface area contributed by atoms with Gasteiger partial charge in [-0.05, 0) is 24.3 Å². The molecule has 0 bridgehead atoms. The van der Waals surface area contributed by atoms with Crippen molar-refractivity contribution >= 4 is 22.8 Å². The van der Waals surface area contributed by atoms with E-state index in [1.54, 1.807) is 28.6 Å². The van der Waals surface area contributed by atoms with E-state index >= 15 is 0 Å². The Morgan fingerprint density at radius 3 is 2.82 bits per heavy atom. The molecule has 0 saturated heterocycles. The number of oxazole rings is 1. The molecule has 3 aromatic heterocycles. The molecule has 1 aliphatic heterocycles. The van der Waals surface area contributed by atoms with Crippen LogP contribution in [0, 0.1) is 0 Å². The minimum absolute atomic E-state index is 0.103. The van der Waals surface area contributed by atoms with Crippen molar-refractivity contribution in [3.8, 4) is 11.4 Å². The molecule has 1 atom stereocenters. The predicted molar refractivity (Wildman–Crippen MR) is 103 cm³/mol. The summed E-state index contributed by atoms with van der Waals surface area (Å²) in [6.07, 6.45) is 1.96. The van der Waals surface area contributed by atoms with Gasteiger partial charge in [-0.25, -0.2) is 4.79 Å². The summed E-state index contributed by atoms with van der Waals surface area (Å²) in [6, 6.07) is 12.9. The summed E-state index contributed by atoms with van der Waals surface area (Å²) < 4.78 is 8.58. The number of aryl methyl sites for hydroxylation is 1. The zero-order valence-corrected chi connectivity index (χ0v) is 15.1. The van der Waals surface area contributed by atoms with Crippen LogP contribution in [-0.4, -0.2) is 25.2 Å². The van der Waals surface area contributed by atoms with Gasteiger partial charge < -0.3 is 9.73 Å². The minimum Gasteiger partial charge on any atom is -0.408 e. The van der Waals surface area contributed by atoms with E-state index in [4.69, 9.17) is 4.42 Å². The number of rotatable bonds is 3. The molecule has 1 N–H and O–H groups in total. The highest BCUT2D eigenvalue weighted by Crippen LogP contribution is 2.39. The Balaban J connectivity index is 1.65. The maximum Gasteiger partial charge on any atom is 0.419 e. The number of anilines is 1. The maximum atomic E-state index is 12.4. The Morgan fingerprint density at radius 2 is 2.00 bits per heavy atom. The molecule has 1 amide bonds. The topological polar surface area (TPSA) is 95.0 Å². The average molecular weight is 375 g/mol. The summed E-state index contributed by atoms with van der Waals surface area (Å²) in [7, 11) is 1.79. The molecule has 8 heteroatoms. The van der Waals surface area contributed by atoms with Gasteiger partial charge in [0.25, 0.3) is 0 Å². The lowest BCUT2D eigenvalue weighted by atomic mass is 9.90. The van der Waals surface area contributed by atoms with Gasteiger partial charge in [0.15, 0.2) is 5.58 Å². The third-order valence-electron chi connectivity index (χ3n) is 5.07. The number of fused-ring (bicyclic) bond motifs is 2. The Morgan fingerprint density at radius 1 is 1.18 bits per heavy atom. The molecular weight excluding hydrogens is 358 g/mol. The third kappa shape index (κ3) is 2.53. The lowest BCUT2D eigenvalue weighted by Crippen LogP contribution is -2.28. The molecule has 1 aromatic carbocycles.